The van der Waals surface area contributed by atoms with Gasteiger partial charge in [0, 0.05) is 12.1 Å². The van der Waals surface area contributed by atoms with Gasteiger partial charge >= 0.3 is 0 Å². The van der Waals surface area contributed by atoms with E-state index in [4.69, 9.17) is 0 Å². The predicted molar refractivity (Wildman–Crippen MR) is 77.1 cm³/mol. The van der Waals surface area contributed by atoms with Crippen molar-refractivity contribution in [3.8, 4) is 5.75 Å². The average molecular weight is 321 g/mol. The van der Waals surface area contributed by atoms with Crippen LogP contribution in [0.2, 0.25) is 0 Å². The van der Waals surface area contributed by atoms with Gasteiger partial charge in [-0.25, -0.2) is 0 Å². The minimum atomic E-state index is -0.115. The first-order valence-corrected chi connectivity index (χ1v) is 6.64. The lowest BCUT2D eigenvalue weighted by molar-refractivity contribution is 0.104. The van der Waals surface area contributed by atoms with Crippen LogP contribution in [0.15, 0.2) is 41.0 Å². The van der Waals surface area contributed by atoms with Gasteiger partial charge in [-0.3, -0.25) is 9.48 Å². The van der Waals surface area contributed by atoms with E-state index < -0.39 is 0 Å². The summed E-state index contributed by atoms with van der Waals surface area (Å²) in [6, 6.07) is 6.17. The van der Waals surface area contributed by atoms with Crippen LogP contribution < -0.4 is 0 Å². The molecule has 0 unspecified atom stereocenters. The molecule has 1 N–H and O–H groups in total. The van der Waals surface area contributed by atoms with Crippen LogP contribution >= 0.6 is 15.9 Å². The maximum Gasteiger partial charge on any atom is 0.185 e. The Balaban J connectivity index is 2.20. The van der Waals surface area contributed by atoms with Gasteiger partial charge in [-0.1, -0.05) is 0 Å². The van der Waals surface area contributed by atoms with Gasteiger partial charge < -0.3 is 5.11 Å². The van der Waals surface area contributed by atoms with E-state index in [9.17, 15) is 9.90 Å². The molecule has 98 valence electrons. The third kappa shape index (κ3) is 3.12. The van der Waals surface area contributed by atoms with Crippen LogP contribution in [0.5, 0.6) is 5.75 Å². The number of aryl methyl sites for hydroxylation is 1. The highest BCUT2D eigenvalue weighted by Crippen LogP contribution is 2.18. The van der Waals surface area contributed by atoms with Crippen molar-refractivity contribution in [3.63, 3.8) is 0 Å². The second-order valence-corrected chi connectivity index (χ2v) is 4.79. The van der Waals surface area contributed by atoms with E-state index >= 15 is 0 Å². The molecule has 1 aromatic heterocycles. The quantitative estimate of drug-likeness (QED) is 0.694. The van der Waals surface area contributed by atoms with Crippen LogP contribution in [0.1, 0.15) is 23.0 Å². The van der Waals surface area contributed by atoms with Crippen LogP contribution in [0, 0.1) is 0 Å². The summed E-state index contributed by atoms with van der Waals surface area (Å²) >= 11 is 3.39. The van der Waals surface area contributed by atoms with Gasteiger partial charge in [0.1, 0.15) is 5.75 Å². The van der Waals surface area contributed by atoms with Crippen LogP contribution in [-0.4, -0.2) is 20.7 Å². The number of phenols is 1. The molecule has 2 rings (SSSR count). The van der Waals surface area contributed by atoms with Crippen LogP contribution in [0.3, 0.4) is 0 Å². The van der Waals surface area contributed by atoms with Gasteiger partial charge in [-0.05, 0) is 59.3 Å². The molecule has 0 amide bonds. The monoisotopic (exact) mass is 320 g/mol. The lowest BCUT2D eigenvalue weighted by Gasteiger charge is -2.00. The number of hydrogen-bond acceptors (Lipinski definition) is 3. The van der Waals surface area contributed by atoms with E-state index in [0.29, 0.717) is 5.56 Å². The predicted octanol–water partition coefficient (Wildman–Crippen LogP) is 3.27. The standard InChI is InChI=1S/C14H13BrN2O2/c1-2-17-13(12(15)9-16-17)7-8-14(19)10-3-5-11(18)6-4-10/h3-9,18H,2H2,1H3/b8-7+. The summed E-state index contributed by atoms with van der Waals surface area (Å²) in [6.45, 7) is 2.72. The van der Waals surface area contributed by atoms with Crippen molar-refractivity contribution in [2.24, 2.45) is 0 Å². The first-order valence-electron chi connectivity index (χ1n) is 5.84. The number of nitrogens with zero attached hydrogens (tertiary/aromatic N) is 2. The molecule has 4 nitrogen and oxygen atoms in total. The molecule has 5 heteroatoms. The van der Waals surface area contributed by atoms with Crippen molar-refractivity contribution in [1.29, 1.82) is 0 Å². The highest BCUT2D eigenvalue weighted by atomic mass is 79.9. The summed E-state index contributed by atoms with van der Waals surface area (Å²) in [6.07, 6.45) is 4.93. The largest absolute Gasteiger partial charge is 0.508 e. The number of carbonyl (C=O) groups is 1. The summed E-state index contributed by atoms with van der Waals surface area (Å²) in [5, 5.41) is 13.3. The number of aromatic nitrogens is 2. The number of benzene rings is 1. The Morgan fingerprint density at radius 3 is 2.74 bits per heavy atom. The van der Waals surface area contributed by atoms with E-state index in [1.165, 1.54) is 18.2 Å². The molecule has 0 radical (unpaired) electrons. The van der Waals surface area contributed by atoms with Crippen LogP contribution in [0.4, 0.5) is 0 Å². The Kier molecular flexibility index (Phi) is 4.16. The highest BCUT2D eigenvalue weighted by Gasteiger charge is 2.06. The van der Waals surface area contributed by atoms with Crippen molar-refractivity contribution < 1.29 is 9.90 Å². The fraction of sp³-hybridized carbons (Fsp3) is 0.143. The van der Waals surface area contributed by atoms with E-state index in [-0.39, 0.29) is 11.5 Å². The fourth-order valence-electron chi connectivity index (χ4n) is 1.67. The lowest BCUT2D eigenvalue weighted by atomic mass is 10.1. The zero-order valence-corrected chi connectivity index (χ0v) is 12.0. The third-order valence-electron chi connectivity index (χ3n) is 2.68. The fourth-order valence-corrected chi connectivity index (χ4v) is 2.09. The molecule has 1 aromatic carbocycles. The Hall–Kier alpha value is -1.88. The molecule has 0 saturated heterocycles. The molecule has 0 fully saturated rings. The molecule has 0 bridgehead atoms. The third-order valence-corrected chi connectivity index (χ3v) is 3.29. The highest BCUT2D eigenvalue weighted by molar-refractivity contribution is 9.10. The molecule has 0 aliphatic rings. The van der Waals surface area contributed by atoms with Crippen molar-refractivity contribution in [1.82, 2.24) is 9.78 Å². The Labute approximate surface area is 119 Å². The second kappa shape index (κ2) is 5.84. The van der Waals surface area contributed by atoms with E-state index in [2.05, 4.69) is 21.0 Å². The number of carbonyl (C=O) groups excluding carboxylic acids is 1. The molecule has 1 heterocycles. The molecule has 19 heavy (non-hydrogen) atoms. The maximum atomic E-state index is 11.9. The van der Waals surface area contributed by atoms with Crippen molar-refractivity contribution in [3.05, 3.63) is 52.3 Å². The van der Waals surface area contributed by atoms with E-state index in [1.54, 1.807) is 29.1 Å². The normalized spacial score (nSPS) is 11.1. The second-order valence-electron chi connectivity index (χ2n) is 3.94. The summed E-state index contributed by atoms with van der Waals surface area (Å²) in [4.78, 5) is 11.9. The molecular weight excluding hydrogens is 308 g/mol. The number of allylic oxidation sites excluding steroid dienone is 1. The zero-order chi connectivity index (χ0) is 13.8. The number of phenolic OH excluding ortho intramolecular Hbond substituents is 1. The first kappa shape index (κ1) is 13.5. The minimum absolute atomic E-state index is 0.115. The van der Waals surface area contributed by atoms with Gasteiger partial charge in [0.25, 0.3) is 0 Å². The van der Waals surface area contributed by atoms with Crippen LogP contribution in [-0.2, 0) is 6.54 Å². The Morgan fingerprint density at radius 2 is 2.11 bits per heavy atom. The molecule has 0 atom stereocenters. The average Bonchev–Trinajstić information content (AvgIpc) is 2.77. The van der Waals surface area contributed by atoms with Gasteiger partial charge in [0.2, 0.25) is 0 Å². The summed E-state index contributed by atoms with van der Waals surface area (Å²) in [5.74, 6) is 0.0306. The van der Waals surface area contributed by atoms with Crippen LogP contribution in [0.25, 0.3) is 6.08 Å². The van der Waals surface area contributed by atoms with E-state index in [1.807, 2.05) is 6.92 Å². The number of halogens is 1. The van der Waals surface area contributed by atoms with Crippen molar-refractivity contribution in [2.75, 3.05) is 0 Å². The first-order chi connectivity index (χ1) is 9.11. The number of hydrogen-bond donors (Lipinski definition) is 1. The topological polar surface area (TPSA) is 55.1 Å². The lowest BCUT2D eigenvalue weighted by Crippen LogP contribution is -1.99. The van der Waals surface area contributed by atoms with E-state index in [0.717, 1.165) is 16.7 Å². The Morgan fingerprint density at radius 1 is 1.42 bits per heavy atom. The van der Waals surface area contributed by atoms with Crippen molar-refractivity contribution in [2.45, 2.75) is 13.5 Å². The van der Waals surface area contributed by atoms with Gasteiger partial charge in [0.15, 0.2) is 5.78 Å². The molecule has 0 aliphatic carbocycles. The van der Waals surface area contributed by atoms with Gasteiger partial charge in [0.05, 0.1) is 16.4 Å². The number of rotatable bonds is 4. The van der Waals surface area contributed by atoms with Gasteiger partial charge in [-0.15, -0.1) is 0 Å². The summed E-state index contributed by atoms with van der Waals surface area (Å²) < 4.78 is 2.65. The number of aromatic hydroxyl groups is 1. The maximum absolute atomic E-state index is 11.9. The molecule has 0 spiro atoms. The number of ketones is 1. The van der Waals surface area contributed by atoms with Gasteiger partial charge in [-0.2, -0.15) is 5.10 Å². The summed E-state index contributed by atoms with van der Waals surface area (Å²) in [7, 11) is 0. The molecular formula is C14H13BrN2O2. The smallest absolute Gasteiger partial charge is 0.185 e. The molecule has 2 aromatic rings. The SMILES string of the molecule is CCn1ncc(Br)c1/C=C/C(=O)c1ccc(O)cc1. The molecule has 0 aliphatic heterocycles. The zero-order valence-electron chi connectivity index (χ0n) is 10.4. The minimum Gasteiger partial charge on any atom is -0.508 e. The Bertz CT molecular complexity index is 615. The molecule has 0 saturated carbocycles. The summed E-state index contributed by atoms with van der Waals surface area (Å²) in [5.41, 5.74) is 1.39. The van der Waals surface area contributed by atoms with Crippen molar-refractivity contribution >= 4 is 27.8 Å².